The van der Waals surface area contributed by atoms with E-state index in [1.165, 1.54) is 68.7 Å². The van der Waals surface area contributed by atoms with E-state index in [4.69, 9.17) is 0 Å². The van der Waals surface area contributed by atoms with E-state index >= 15 is 0 Å². The van der Waals surface area contributed by atoms with Crippen molar-refractivity contribution in [1.29, 1.82) is 0 Å². The van der Waals surface area contributed by atoms with Crippen LogP contribution in [0.1, 0.15) is 38.2 Å². The number of nitrogens with one attached hydrogen (secondary N) is 1. The summed E-state index contributed by atoms with van der Waals surface area (Å²) in [6, 6.07) is 8.48. The Balaban J connectivity index is 1.57. The van der Waals surface area contributed by atoms with Crippen LogP contribution in [0.4, 0.5) is 11.4 Å². The molecule has 21 heavy (non-hydrogen) atoms. The molecule has 3 heteroatoms. The van der Waals surface area contributed by atoms with Crippen molar-refractivity contribution in [2.45, 2.75) is 51.1 Å². The minimum absolute atomic E-state index is 0.633. The number of nitrogens with zero attached hydrogens (tertiary/aromatic N) is 2. The maximum atomic E-state index is 3.52. The van der Waals surface area contributed by atoms with Crippen LogP contribution in [0.5, 0.6) is 0 Å². The van der Waals surface area contributed by atoms with Gasteiger partial charge in [-0.2, -0.15) is 0 Å². The second-order valence-corrected chi connectivity index (χ2v) is 7.02. The van der Waals surface area contributed by atoms with Gasteiger partial charge in [-0.1, -0.05) is 6.42 Å². The van der Waals surface area contributed by atoms with Crippen LogP contribution in [0.25, 0.3) is 0 Å². The summed E-state index contributed by atoms with van der Waals surface area (Å²) in [5, 5.41) is 3.52. The second kappa shape index (κ2) is 5.53. The lowest BCUT2D eigenvalue weighted by molar-refractivity contribution is 0.115. The number of benzene rings is 1. The van der Waals surface area contributed by atoms with Gasteiger partial charge in [0, 0.05) is 43.1 Å². The quantitative estimate of drug-likeness (QED) is 0.855. The highest BCUT2D eigenvalue weighted by Gasteiger charge is 2.33. The summed E-state index contributed by atoms with van der Waals surface area (Å²) < 4.78 is 0. The van der Waals surface area contributed by atoms with Crippen molar-refractivity contribution in [3.63, 3.8) is 0 Å². The number of aryl methyl sites for hydroxylation is 1. The lowest BCUT2D eigenvalue weighted by atomic mass is 9.96. The number of hydrogen-bond donors (Lipinski definition) is 1. The number of piperazine rings is 1. The molecule has 1 aromatic carbocycles. The van der Waals surface area contributed by atoms with Gasteiger partial charge in [0.05, 0.1) is 0 Å². The van der Waals surface area contributed by atoms with Crippen LogP contribution in [-0.2, 0) is 6.42 Å². The SMILES string of the molecule is CC1CN2CCCCC2CN1c1ccc2c(c1)CCCN2. The first-order valence-electron chi connectivity index (χ1n) is 8.69. The van der Waals surface area contributed by atoms with Crippen LogP contribution >= 0.6 is 0 Å². The Morgan fingerprint density at radius 1 is 1.14 bits per heavy atom. The first-order valence-corrected chi connectivity index (χ1v) is 8.69. The van der Waals surface area contributed by atoms with Crippen molar-refractivity contribution in [3.05, 3.63) is 23.8 Å². The number of piperidine rings is 1. The highest BCUT2D eigenvalue weighted by molar-refractivity contribution is 5.62. The van der Waals surface area contributed by atoms with E-state index < -0.39 is 0 Å². The number of anilines is 2. The summed E-state index contributed by atoms with van der Waals surface area (Å²) in [6.45, 7) is 7.29. The molecule has 114 valence electrons. The molecule has 2 unspecified atom stereocenters. The molecule has 2 saturated heterocycles. The van der Waals surface area contributed by atoms with Gasteiger partial charge in [0.2, 0.25) is 0 Å². The molecule has 0 spiro atoms. The van der Waals surface area contributed by atoms with Gasteiger partial charge < -0.3 is 10.2 Å². The molecule has 0 bridgehead atoms. The Bertz CT molecular complexity index is 513. The molecule has 1 aromatic rings. The summed E-state index contributed by atoms with van der Waals surface area (Å²) in [7, 11) is 0. The van der Waals surface area contributed by atoms with E-state index in [-0.39, 0.29) is 0 Å². The van der Waals surface area contributed by atoms with Crippen molar-refractivity contribution < 1.29 is 0 Å². The Hall–Kier alpha value is -1.22. The monoisotopic (exact) mass is 285 g/mol. The van der Waals surface area contributed by atoms with Crippen LogP contribution in [0, 0.1) is 0 Å². The van der Waals surface area contributed by atoms with Gasteiger partial charge >= 0.3 is 0 Å². The van der Waals surface area contributed by atoms with Crippen molar-refractivity contribution in [2.75, 3.05) is 36.4 Å². The lowest BCUT2D eigenvalue weighted by Crippen LogP contribution is -2.58. The highest BCUT2D eigenvalue weighted by Crippen LogP contribution is 2.31. The third-order valence-electron chi connectivity index (χ3n) is 5.55. The topological polar surface area (TPSA) is 18.5 Å². The maximum Gasteiger partial charge on any atom is 0.0389 e. The predicted molar refractivity (Wildman–Crippen MR) is 89.3 cm³/mol. The molecular formula is C18H27N3. The van der Waals surface area contributed by atoms with Gasteiger partial charge in [0.15, 0.2) is 0 Å². The van der Waals surface area contributed by atoms with Gasteiger partial charge in [-0.15, -0.1) is 0 Å². The molecule has 2 fully saturated rings. The summed E-state index contributed by atoms with van der Waals surface area (Å²) in [5.74, 6) is 0. The molecule has 0 amide bonds. The number of rotatable bonds is 1. The normalized spacial score (nSPS) is 29.5. The molecule has 0 aromatic heterocycles. The first kappa shape index (κ1) is 13.4. The molecule has 2 atom stereocenters. The molecule has 1 N–H and O–H groups in total. The minimum atomic E-state index is 0.633. The number of fused-ring (bicyclic) bond motifs is 2. The summed E-state index contributed by atoms with van der Waals surface area (Å²) in [5.41, 5.74) is 4.31. The van der Waals surface area contributed by atoms with Crippen LogP contribution in [0.15, 0.2) is 18.2 Å². The van der Waals surface area contributed by atoms with Gasteiger partial charge in [-0.25, -0.2) is 0 Å². The van der Waals surface area contributed by atoms with Gasteiger partial charge in [0.1, 0.15) is 0 Å². The zero-order chi connectivity index (χ0) is 14.2. The van der Waals surface area contributed by atoms with Gasteiger partial charge in [-0.05, 0) is 62.9 Å². The molecule has 0 radical (unpaired) electrons. The average Bonchev–Trinajstić information content (AvgIpc) is 2.54. The summed E-state index contributed by atoms with van der Waals surface area (Å²) in [6.07, 6.45) is 6.69. The number of hydrogen-bond acceptors (Lipinski definition) is 3. The van der Waals surface area contributed by atoms with Crippen molar-refractivity contribution >= 4 is 11.4 Å². The van der Waals surface area contributed by atoms with E-state index in [1.54, 1.807) is 0 Å². The van der Waals surface area contributed by atoms with Crippen LogP contribution in [-0.4, -0.2) is 43.2 Å². The Labute approximate surface area is 128 Å². The molecular weight excluding hydrogens is 258 g/mol. The van der Waals surface area contributed by atoms with Crippen molar-refractivity contribution in [1.82, 2.24) is 4.90 Å². The summed E-state index contributed by atoms with van der Waals surface area (Å²) >= 11 is 0. The molecule has 4 rings (SSSR count). The van der Waals surface area contributed by atoms with Crippen LogP contribution < -0.4 is 10.2 Å². The van der Waals surface area contributed by atoms with Gasteiger partial charge in [0.25, 0.3) is 0 Å². The van der Waals surface area contributed by atoms with Crippen molar-refractivity contribution in [3.8, 4) is 0 Å². The third kappa shape index (κ3) is 2.52. The third-order valence-corrected chi connectivity index (χ3v) is 5.55. The van der Waals surface area contributed by atoms with Crippen molar-refractivity contribution in [2.24, 2.45) is 0 Å². The Kier molecular flexibility index (Phi) is 3.54. The van der Waals surface area contributed by atoms with Crippen LogP contribution in [0.3, 0.4) is 0 Å². The highest BCUT2D eigenvalue weighted by atomic mass is 15.3. The Morgan fingerprint density at radius 2 is 2.10 bits per heavy atom. The fourth-order valence-electron chi connectivity index (χ4n) is 4.35. The molecule has 3 aliphatic rings. The molecule has 0 saturated carbocycles. The lowest BCUT2D eigenvalue weighted by Gasteiger charge is -2.48. The molecule has 3 heterocycles. The smallest absolute Gasteiger partial charge is 0.0389 e. The Morgan fingerprint density at radius 3 is 3.05 bits per heavy atom. The van der Waals surface area contributed by atoms with Gasteiger partial charge in [-0.3, -0.25) is 4.90 Å². The zero-order valence-corrected chi connectivity index (χ0v) is 13.1. The summed E-state index contributed by atoms with van der Waals surface area (Å²) in [4.78, 5) is 5.38. The van der Waals surface area contributed by atoms with Crippen LogP contribution in [0.2, 0.25) is 0 Å². The molecule has 0 aliphatic carbocycles. The standard InChI is InChI=1S/C18H27N3/c1-14-12-20-10-3-2-6-17(20)13-21(14)16-7-8-18-15(11-16)5-4-9-19-18/h7-8,11,14,17,19H,2-6,9-10,12-13H2,1H3. The second-order valence-electron chi connectivity index (χ2n) is 7.02. The largest absolute Gasteiger partial charge is 0.385 e. The molecule has 3 nitrogen and oxygen atoms in total. The maximum absolute atomic E-state index is 3.52. The fourth-order valence-corrected chi connectivity index (χ4v) is 4.35. The minimum Gasteiger partial charge on any atom is -0.385 e. The van der Waals surface area contributed by atoms with E-state index in [0.29, 0.717) is 6.04 Å². The van der Waals surface area contributed by atoms with E-state index in [9.17, 15) is 0 Å². The zero-order valence-electron chi connectivity index (χ0n) is 13.1. The van der Waals surface area contributed by atoms with E-state index in [1.807, 2.05) is 0 Å². The average molecular weight is 285 g/mol. The van der Waals surface area contributed by atoms with E-state index in [0.717, 1.165) is 12.6 Å². The van der Waals surface area contributed by atoms with E-state index in [2.05, 4.69) is 40.2 Å². The molecule has 3 aliphatic heterocycles. The fraction of sp³-hybridized carbons (Fsp3) is 0.667. The first-order chi connectivity index (χ1) is 10.3. The predicted octanol–water partition coefficient (Wildman–Crippen LogP) is 3.11.